The minimum absolute atomic E-state index is 0.00600. The molecule has 0 aliphatic carbocycles. The molecular weight excluding hydrogens is 508 g/mol. The Hall–Kier alpha value is -2.34. The number of aromatic nitrogens is 3. The lowest BCUT2D eigenvalue weighted by atomic mass is 9.91. The zero-order chi connectivity index (χ0) is 26.5. The average molecular weight is 531 g/mol. The summed E-state index contributed by atoms with van der Waals surface area (Å²) in [5.74, 6) is -6.82. The molecular formula is C22H23ClF8N4. The van der Waals surface area contributed by atoms with E-state index in [1.807, 2.05) is 6.92 Å². The molecule has 0 amide bonds. The number of rotatable bonds is 7. The topological polar surface area (TPSA) is 48.2 Å². The second kappa shape index (κ2) is 9.27. The average Bonchev–Trinajstić information content (AvgIpc) is 3.16. The zero-order valence-corrected chi connectivity index (χ0v) is 19.7. The van der Waals surface area contributed by atoms with Crippen molar-refractivity contribution in [2.75, 3.05) is 6.54 Å². The van der Waals surface area contributed by atoms with Gasteiger partial charge in [0, 0.05) is 12.6 Å². The summed E-state index contributed by atoms with van der Waals surface area (Å²) in [6, 6.07) is 3.61. The summed E-state index contributed by atoms with van der Waals surface area (Å²) in [7, 11) is 0. The van der Waals surface area contributed by atoms with Crippen LogP contribution in [-0.2, 0) is 12.6 Å². The largest absolute Gasteiger partial charge is 0.453 e. The maximum atomic E-state index is 13.9. The van der Waals surface area contributed by atoms with Crippen molar-refractivity contribution in [2.24, 2.45) is 11.7 Å². The third-order valence-corrected chi connectivity index (χ3v) is 6.05. The maximum Gasteiger partial charge on any atom is 0.453 e. The third-order valence-electron chi connectivity index (χ3n) is 5.78. The second-order valence-corrected chi connectivity index (χ2v) is 9.05. The standard InChI is InChI=1S/C22H23ClF8N4/c1-11-6-12(2)17(13(3)7-11)35-16(23)10-34-15(18(21(26,27)28)33-19(34)35)8-14(4-5-32)9-20(24,25)22(29,30)31/h6-7,10,14H,4-5,8-9,32H2,1-3H3. The number of benzene rings is 1. The number of hydrogen-bond donors (Lipinski definition) is 1. The SMILES string of the molecule is Cc1cc(C)c(-n2c(Cl)cn3c(CC(CCN)CC(F)(F)C(F)(F)F)c(C(F)(F)F)nc23)c(C)c1. The van der Waals surface area contributed by atoms with Crippen LogP contribution in [0.5, 0.6) is 0 Å². The zero-order valence-electron chi connectivity index (χ0n) is 19.0. The number of fused-ring (bicyclic) bond motifs is 1. The molecule has 0 saturated heterocycles. The number of nitrogens with zero attached hydrogens (tertiary/aromatic N) is 3. The van der Waals surface area contributed by atoms with Crippen molar-refractivity contribution in [3.8, 4) is 5.69 Å². The van der Waals surface area contributed by atoms with Gasteiger partial charge in [-0.05, 0) is 57.2 Å². The molecule has 3 rings (SSSR count). The van der Waals surface area contributed by atoms with Crippen molar-refractivity contribution in [3.05, 3.63) is 51.6 Å². The maximum absolute atomic E-state index is 13.9. The molecule has 1 aromatic carbocycles. The first kappa shape index (κ1) is 27.3. The highest BCUT2D eigenvalue weighted by atomic mass is 35.5. The van der Waals surface area contributed by atoms with E-state index >= 15 is 0 Å². The van der Waals surface area contributed by atoms with Gasteiger partial charge in [0.15, 0.2) is 5.69 Å². The summed E-state index contributed by atoms with van der Waals surface area (Å²) in [5.41, 5.74) is 6.24. The van der Waals surface area contributed by atoms with Crippen molar-refractivity contribution >= 4 is 17.4 Å². The van der Waals surface area contributed by atoms with Crippen LogP contribution in [0.25, 0.3) is 11.5 Å². The molecule has 2 heterocycles. The number of nitrogens with two attached hydrogens (primary N) is 1. The molecule has 0 saturated carbocycles. The Kier molecular flexibility index (Phi) is 7.22. The first-order valence-electron chi connectivity index (χ1n) is 10.6. The molecule has 4 nitrogen and oxygen atoms in total. The number of aryl methyl sites for hydroxylation is 3. The van der Waals surface area contributed by atoms with E-state index in [1.165, 1.54) is 4.57 Å². The molecule has 2 aromatic heterocycles. The molecule has 0 bridgehead atoms. The van der Waals surface area contributed by atoms with E-state index in [0.29, 0.717) is 16.8 Å². The van der Waals surface area contributed by atoms with Crippen LogP contribution in [0.4, 0.5) is 35.1 Å². The third kappa shape index (κ3) is 5.28. The summed E-state index contributed by atoms with van der Waals surface area (Å²) in [4.78, 5) is 3.72. The van der Waals surface area contributed by atoms with Gasteiger partial charge in [-0.2, -0.15) is 35.1 Å². The Bertz CT molecular complexity index is 1200. The van der Waals surface area contributed by atoms with Crippen LogP contribution in [0.2, 0.25) is 5.15 Å². The molecule has 13 heteroatoms. The van der Waals surface area contributed by atoms with Crippen molar-refractivity contribution in [1.82, 2.24) is 14.0 Å². The summed E-state index contributed by atoms with van der Waals surface area (Å²) >= 11 is 6.36. The Balaban J connectivity index is 2.20. The summed E-state index contributed by atoms with van der Waals surface area (Å²) < 4.78 is 110. The number of alkyl halides is 8. The Morgan fingerprint density at radius 3 is 2.06 bits per heavy atom. The highest BCUT2D eigenvalue weighted by Gasteiger charge is 2.58. The van der Waals surface area contributed by atoms with Crippen LogP contribution >= 0.6 is 11.6 Å². The number of hydrogen-bond acceptors (Lipinski definition) is 2. The van der Waals surface area contributed by atoms with Gasteiger partial charge in [0.2, 0.25) is 5.78 Å². The van der Waals surface area contributed by atoms with Crippen molar-refractivity contribution in [1.29, 1.82) is 0 Å². The summed E-state index contributed by atoms with van der Waals surface area (Å²) in [5, 5.41) is -0.00600. The van der Waals surface area contributed by atoms with Gasteiger partial charge in [0.25, 0.3) is 0 Å². The normalized spacial score (nSPS) is 14.2. The minimum atomic E-state index is -5.84. The molecule has 1 unspecified atom stereocenters. The van der Waals surface area contributed by atoms with E-state index in [0.717, 1.165) is 16.2 Å². The van der Waals surface area contributed by atoms with Crippen molar-refractivity contribution in [3.63, 3.8) is 0 Å². The molecule has 0 fully saturated rings. The van der Waals surface area contributed by atoms with E-state index in [2.05, 4.69) is 4.98 Å². The highest BCUT2D eigenvalue weighted by molar-refractivity contribution is 6.30. The van der Waals surface area contributed by atoms with E-state index in [1.54, 1.807) is 26.0 Å². The van der Waals surface area contributed by atoms with Gasteiger partial charge in [0.1, 0.15) is 5.15 Å². The van der Waals surface area contributed by atoms with Crippen LogP contribution in [0.15, 0.2) is 18.3 Å². The fourth-order valence-corrected chi connectivity index (χ4v) is 4.68. The van der Waals surface area contributed by atoms with Crippen LogP contribution in [-0.4, -0.2) is 32.6 Å². The molecule has 3 aromatic rings. The fraction of sp³-hybridized carbons (Fsp3) is 0.500. The monoisotopic (exact) mass is 530 g/mol. The Morgan fingerprint density at radius 2 is 1.57 bits per heavy atom. The quantitative estimate of drug-likeness (QED) is 0.341. The van der Waals surface area contributed by atoms with E-state index < -0.39 is 48.4 Å². The lowest BCUT2D eigenvalue weighted by Crippen LogP contribution is -2.39. The van der Waals surface area contributed by atoms with Gasteiger partial charge in [-0.3, -0.25) is 8.97 Å². The van der Waals surface area contributed by atoms with E-state index in [9.17, 15) is 35.1 Å². The predicted molar refractivity (Wildman–Crippen MR) is 115 cm³/mol. The summed E-state index contributed by atoms with van der Waals surface area (Å²) in [6.07, 6.45) is -12.5. The molecule has 0 spiro atoms. The first-order chi connectivity index (χ1) is 16.0. The molecule has 0 radical (unpaired) electrons. The number of halogens is 9. The van der Waals surface area contributed by atoms with E-state index in [-0.39, 0.29) is 23.9 Å². The van der Waals surface area contributed by atoms with Gasteiger partial charge < -0.3 is 5.73 Å². The minimum Gasteiger partial charge on any atom is -0.330 e. The first-order valence-corrected chi connectivity index (χ1v) is 10.9. The van der Waals surface area contributed by atoms with E-state index in [4.69, 9.17) is 17.3 Å². The molecule has 194 valence electrons. The second-order valence-electron chi connectivity index (χ2n) is 8.66. The van der Waals surface area contributed by atoms with Crippen LogP contribution in [0.1, 0.15) is 40.9 Å². The van der Waals surface area contributed by atoms with Gasteiger partial charge in [-0.25, -0.2) is 4.98 Å². The lowest BCUT2D eigenvalue weighted by Gasteiger charge is -2.25. The fourth-order valence-electron chi connectivity index (χ4n) is 4.42. The van der Waals surface area contributed by atoms with Gasteiger partial charge in [0.05, 0.1) is 11.4 Å². The van der Waals surface area contributed by atoms with Crippen molar-refractivity contribution in [2.45, 2.75) is 58.3 Å². The number of imidazole rings is 2. The summed E-state index contributed by atoms with van der Waals surface area (Å²) in [6.45, 7) is 5.05. The smallest absolute Gasteiger partial charge is 0.330 e. The Labute approximate surface area is 200 Å². The molecule has 0 aliphatic rings. The predicted octanol–water partition coefficient (Wildman–Crippen LogP) is 6.82. The molecule has 0 aliphatic heterocycles. The molecule has 35 heavy (non-hydrogen) atoms. The van der Waals surface area contributed by atoms with Crippen LogP contribution in [0, 0.1) is 26.7 Å². The molecule has 1 atom stereocenters. The van der Waals surface area contributed by atoms with Crippen molar-refractivity contribution < 1.29 is 35.1 Å². The van der Waals surface area contributed by atoms with Crippen LogP contribution < -0.4 is 5.73 Å². The highest BCUT2D eigenvalue weighted by Crippen LogP contribution is 2.43. The lowest BCUT2D eigenvalue weighted by molar-refractivity contribution is -0.288. The molecule has 2 N–H and O–H groups in total. The van der Waals surface area contributed by atoms with Crippen LogP contribution in [0.3, 0.4) is 0 Å². The Morgan fingerprint density at radius 1 is 1.00 bits per heavy atom. The van der Waals surface area contributed by atoms with Gasteiger partial charge in [-0.1, -0.05) is 29.3 Å². The van der Waals surface area contributed by atoms with Gasteiger partial charge in [-0.15, -0.1) is 0 Å². The van der Waals surface area contributed by atoms with Gasteiger partial charge >= 0.3 is 18.3 Å².